The highest BCUT2D eigenvalue weighted by molar-refractivity contribution is 5.49. The first kappa shape index (κ1) is 16.7. The number of nitrogens with one attached hydrogen (secondary N) is 1. The van der Waals surface area contributed by atoms with Gasteiger partial charge in [0.15, 0.2) is 0 Å². The van der Waals surface area contributed by atoms with Crippen LogP contribution in [0.1, 0.15) is 5.56 Å². The second kappa shape index (κ2) is 7.58. The number of rotatable bonds is 5. The first-order chi connectivity index (χ1) is 11.7. The summed E-state index contributed by atoms with van der Waals surface area (Å²) in [4.78, 5) is 6.28. The predicted octanol–water partition coefficient (Wildman–Crippen LogP) is 1.67. The summed E-state index contributed by atoms with van der Waals surface area (Å²) in [6.07, 6.45) is 0. The average molecular weight is 326 g/mol. The summed E-state index contributed by atoms with van der Waals surface area (Å²) in [6, 6.07) is 17.3. The molecule has 2 aromatic carbocycles. The van der Waals surface area contributed by atoms with Crippen LogP contribution in [-0.2, 0) is 6.54 Å². The van der Waals surface area contributed by atoms with E-state index < -0.39 is 0 Å². The highest BCUT2D eigenvalue weighted by Crippen LogP contribution is 2.19. The number of anilines is 2. The third-order valence-corrected chi connectivity index (χ3v) is 4.81. The monoisotopic (exact) mass is 326 g/mol. The molecule has 0 unspecified atom stereocenters. The molecule has 0 radical (unpaired) electrons. The largest absolute Gasteiger partial charge is 0.497 e. The van der Waals surface area contributed by atoms with Crippen LogP contribution >= 0.6 is 0 Å². The number of ether oxygens (including phenoxy) is 1. The maximum Gasteiger partial charge on any atom is 0.119 e. The van der Waals surface area contributed by atoms with Crippen molar-refractivity contribution in [2.75, 3.05) is 57.2 Å². The van der Waals surface area contributed by atoms with Crippen molar-refractivity contribution in [1.82, 2.24) is 0 Å². The van der Waals surface area contributed by atoms with Crippen LogP contribution in [0.5, 0.6) is 5.75 Å². The number of benzene rings is 2. The Hall–Kier alpha value is -2.20. The Morgan fingerprint density at radius 2 is 1.58 bits per heavy atom. The molecule has 0 saturated carbocycles. The number of quaternary nitrogens is 1. The van der Waals surface area contributed by atoms with E-state index in [1.165, 1.54) is 30.0 Å². The molecule has 1 aliphatic heterocycles. The number of piperazine rings is 1. The summed E-state index contributed by atoms with van der Waals surface area (Å²) in [7, 11) is 5.87. The van der Waals surface area contributed by atoms with E-state index in [2.05, 4.69) is 60.3 Å². The third-order valence-electron chi connectivity index (χ3n) is 4.81. The van der Waals surface area contributed by atoms with Gasteiger partial charge in [-0.15, -0.1) is 0 Å². The Balaban J connectivity index is 1.52. The maximum absolute atomic E-state index is 5.24. The predicted molar refractivity (Wildman–Crippen MR) is 100 cm³/mol. The zero-order valence-electron chi connectivity index (χ0n) is 15.0. The second-order valence-corrected chi connectivity index (χ2v) is 6.67. The highest BCUT2D eigenvalue weighted by Gasteiger charge is 2.20. The molecule has 0 aromatic heterocycles. The van der Waals surface area contributed by atoms with Crippen LogP contribution in [-0.4, -0.2) is 47.4 Å². The van der Waals surface area contributed by atoms with Crippen molar-refractivity contribution in [2.45, 2.75) is 6.54 Å². The Kier molecular flexibility index (Phi) is 5.26. The van der Waals surface area contributed by atoms with Crippen molar-refractivity contribution in [3.05, 3.63) is 54.1 Å². The van der Waals surface area contributed by atoms with Gasteiger partial charge in [0.25, 0.3) is 0 Å². The highest BCUT2D eigenvalue weighted by atomic mass is 16.5. The molecular formula is C20H28N3O+. The van der Waals surface area contributed by atoms with E-state index in [9.17, 15) is 0 Å². The van der Waals surface area contributed by atoms with Crippen molar-refractivity contribution >= 4 is 11.4 Å². The van der Waals surface area contributed by atoms with Gasteiger partial charge in [-0.2, -0.15) is 0 Å². The summed E-state index contributed by atoms with van der Waals surface area (Å²) in [5, 5.41) is 0. The Morgan fingerprint density at radius 1 is 0.958 bits per heavy atom. The van der Waals surface area contributed by atoms with Gasteiger partial charge in [0, 0.05) is 31.0 Å². The second-order valence-electron chi connectivity index (χ2n) is 6.67. The van der Waals surface area contributed by atoms with E-state index in [-0.39, 0.29) is 0 Å². The number of nitrogens with zero attached hydrogens (tertiary/aromatic N) is 2. The Bertz CT molecular complexity index is 629. The van der Waals surface area contributed by atoms with Crippen LogP contribution in [0, 0.1) is 0 Å². The average Bonchev–Trinajstić information content (AvgIpc) is 2.63. The standard InChI is InChI=1S/C20H27N3O/c1-21(2)18-6-4-17(5-7-18)16-22-12-14-23(15-13-22)19-8-10-20(24-3)11-9-19/h4-11H,12-16H2,1-3H3/p+1. The molecular weight excluding hydrogens is 298 g/mol. The molecule has 1 aliphatic rings. The summed E-state index contributed by atoms with van der Waals surface area (Å²) in [6.45, 7) is 5.70. The Morgan fingerprint density at radius 3 is 2.12 bits per heavy atom. The number of hydrogen-bond donors (Lipinski definition) is 1. The first-order valence-electron chi connectivity index (χ1n) is 8.64. The van der Waals surface area contributed by atoms with Crippen LogP contribution in [0.4, 0.5) is 11.4 Å². The van der Waals surface area contributed by atoms with Gasteiger partial charge < -0.3 is 19.4 Å². The molecule has 0 atom stereocenters. The lowest BCUT2D eigenvalue weighted by Gasteiger charge is -2.33. The smallest absolute Gasteiger partial charge is 0.119 e. The molecule has 3 rings (SSSR count). The molecule has 0 spiro atoms. The third kappa shape index (κ3) is 4.01. The summed E-state index contributed by atoms with van der Waals surface area (Å²) < 4.78 is 5.24. The molecule has 0 amide bonds. The number of methoxy groups -OCH3 is 1. The first-order valence-corrected chi connectivity index (χ1v) is 8.64. The van der Waals surface area contributed by atoms with Gasteiger partial charge >= 0.3 is 0 Å². The lowest BCUT2D eigenvalue weighted by atomic mass is 10.1. The maximum atomic E-state index is 5.24. The minimum absolute atomic E-state index is 0.921. The molecule has 4 nitrogen and oxygen atoms in total. The zero-order chi connectivity index (χ0) is 16.9. The molecule has 4 heteroatoms. The minimum Gasteiger partial charge on any atom is -0.497 e. The van der Waals surface area contributed by atoms with Crippen molar-refractivity contribution in [3.8, 4) is 5.75 Å². The van der Waals surface area contributed by atoms with Crippen LogP contribution in [0.2, 0.25) is 0 Å². The van der Waals surface area contributed by atoms with Gasteiger partial charge in [-0.05, 0) is 36.4 Å². The normalized spacial score (nSPS) is 15.4. The number of hydrogen-bond acceptors (Lipinski definition) is 3. The van der Waals surface area contributed by atoms with E-state index in [0.717, 1.165) is 25.4 Å². The minimum atomic E-state index is 0.921. The fourth-order valence-corrected chi connectivity index (χ4v) is 3.25. The van der Waals surface area contributed by atoms with Crippen LogP contribution < -0.4 is 19.4 Å². The van der Waals surface area contributed by atoms with E-state index in [1.54, 1.807) is 12.0 Å². The SMILES string of the molecule is COc1ccc(N2CC[NH+](Cc3ccc(N(C)C)cc3)CC2)cc1. The van der Waals surface area contributed by atoms with E-state index >= 15 is 0 Å². The van der Waals surface area contributed by atoms with Crippen molar-refractivity contribution in [3.63, 3.8) is 0 Å². The zero-order valence-corrected chi connectivity index (χ0v) is 15.0. The van der Waals surface area contributed by atoms with E-state index in [4.69, 9.17) is 4.74 Å². The van der Waals surface area contributed by atoms with Gasteiger partial charge in [-0.1, -0.05) is 12.1 Å². The topological polar surface area (TPSA) is 20.1 Å². The van der Waals surface area contributed by atoms with Gasteiger partial charge in [0.2, 0.25) is 0 Å². The van der Waals surface area contributed by atoms with Gasteiger partial charge in [0.05, 0.1) is 33.3 Å². The summed E-state index contributed by atoms with van der Waals surface area (Å²) >= 11 is 0. The lowest BCUT2D eigenvalue weighted by Crippen LogP contribution is -3.13. The quantitative estimate of drug-likeness (QED) is 0.902. The molecule has 1 N–H and O–H groups in total. The van der Waals surface area contributed by atoms with Crippen molar-refractivity contribution in [1.29, 1.82) is 0 Å². The molecule has 2 aromatic rings. The fraction of sp³-hybridized carbons (Fsp3) is 0.400. The van der Waals surface area contributed by atoms with Gasteiger partial charge in [0.1, 0.15) is 12.3 Å². The fourth-order valence-electron chi connectivity index (χ4n) is 3.25. The van der Waals surface area contributed by atoms with Crippen LogP contribution in [0.15, 0.2) is 48.5 Å². The molecule has 24 heavy (non-hydrogen) atoms. The van der Waals surface area contributed by atoms with Crippen molar-refractivity contribution in [2.24, 2.45) is 0 Å². The summed E-state index contributed by atoms with van der Waals surface area (Å²) in [5.74, 6) is 0.921. The lowest BCUT2D eigenvalue weighted by molar-refractivity contribution is -0.914. The Labute approximate surface area is 145 Å². The van der Waals surface area contributed by atoms with Crippen LogP contribution in [0.3, 0.4) is 0 Å². The molecule has 128 valence electrons. The van der Waals surface area contributed by atoms with Crippen molar-refractivity contribution < 1.29 is 9.64 Å². The summed E-state index contributed by atoms with van der Waals surface area (Å²) in [5.41, 5.74) is 3.98. The molecule has 0 aliphatic carbocycles. The molecule has 1 fully saturated rings. The van der Waals surface area contributed by atoms with Gasteiger partial charge in [-0.25, -0.2) is 0 Å². The van der Waals surface area contributed by atoms with Crippen LogP contribution in [0.25, 0.3) is 0 Å². The van der Waals surface area contributed by atoms with Gasteiger partial charge in [-0.3, -0.25) is 0 Å². The van der Waals surface area contributed by atoms with E-state index in [0.29, 0.717) is 0 Å². The molecule has 1 heterocycles. The molecule has 0 bridgehead atoms. The van der Waals surface area contributed by atoms with E-state index in [1.807, 2.05) is 12.1 Å². The molecule has 1 saturated heterocycles.